The SMILES string of the molecule is COC[C@@]1(C(N)=O)CC[C@H](c2ccc(OCc3ccccc3F)c(OC)c2)N1. The highest BCUT2D eigenvalue weighted by Gasteiger charge is 2.44. The highest BCUT2D eigenvalue weighted by Crippen LogP contribution is 2.37. The number of nitrogens with two attached hydrogens (primary N) is 1. The molecule has 2 aromatic carbocycles. The Morgan fingerprint density at radius 2 is 2.04 bits per heavy atom. The van der Waals surface area contributed by atoms with Gasteiger partial charge in [-0.15, -0.1) is 0 Å². The third-order valence-electron chi connectivity index (χ3n) is 5.10. The van der Waals surface area contributed by atoms with E-state index in [-0.39, 0.29) is 25.1 Å². The van der Waals surface area contributed by atoms with Crippen LogP contribution in [0.1, 0.15) is 30.0 Å². The van der Waals surface area contributed by atoms with Crippen LogP contribution in [0.2, 0.25) is 0 Å². The van der Waals surface area contributed by atoms with E-state index in [9.17, 15) is 9.18 Å². The predicted molar refractivity (Wildman–Crippen MR) is 103 cm³/mol. The zero-order valence-corrected chi connectivity index (χ0v) is 16.0. The smallest absolute Gasteiger partial charge is 0.240 e. The van der Waals surface area contributed by atoms with Gasteiger partial charge in [0.25, 0.3) is 0 Å². The summed E-state index contributed by atoms with van der Waals surface area (Å²) in [6.07, 6.45) is 1.33. The van der Waals surface area contributed by atoms with Gasteiger partial charge < -0.3 is 19.9 Å². The summed E-state index contributed by atoms with van der Waals surface area (Å²) in [6.45, 7) is 0.322. The number of ether oxygens (including phenoxy) is 3. The molecule has 1 amide bonds. The molecule has 0 spiro atoms. The highest BCUT2D eigenvalue weighted by molar-refractivity contribution is 5.85. The summed E-state index contributed by atoms with van der Waals surface area (Å²) in [5.74, 6) is 0.326. The summed E-state index contributed by atoms with van der Waals surface area (Å²) in [7, 11) is 3.10. The lowest BCUT2D eigenvalue weighted by Gasteiger charge is -2.26. The van der Waals surface area contributed by atoms with Gasteiger partial charge in [-0.05, 0) is 36.6 Å². The Morgan fingerprint density at radius 1 is 1.25 bits per heavy atom. The molecule has 6 nitrogen and oxygen atoms in total. The third kappa shape index (κ3) is 4.10. The minimum Gasteiger partial charge on any atom is -0.493 e. The lowest BCUT2D eigenvalue weighted by Crippen LogP contribution is -2.55. The Hall–Kier alpha value is -2.64. The van der Waals surface area contributed by atoms with Crippen molar-refractivity contribution in [1.82, 2.24) is 5.32 Å². The van der Waals surface area contributed by atoms with Gasteiger partial charge in [0.15, 0.2) is 11.5 Å². The van der Waals surface area contributed by atoms with Gasteiger partial charge in [0, 0.05) is 18.7 Å². The molecular formula is C21H25FN2O4. The van der Waals surface area contributed by atoms with Crippen molar-refractivity contribution in [2.45, 2.75) is 31.0 Å². The van der Waals surface area contributed by atoms with Crippen LogP contribution < -0.4 is 20.5 Å². The van der Waals surface area contributed by atoms with E-state index < -0.39 is 11.4 Å². The van der Waals surface area contributed by atoms with Gasteiger partial charge in [-0.25, -0.2) is 4.39 Å². The molecule has 1 fully saturated rings. The summed E-state index contributed by atoms with van der Waals surface area (Å²) in [4.78, 5) is 11.9. The average Bonchev–Trinajstić information content (AvgIpc) is 3.13. The molecule has 150 valence electrons. The fraction of sp³-hybridized carbons (Fsp3) is 0.381. The number of primary amides is 1. The minimum absolute atomic E-state index is 0.0582. The van der Waals surface area contributed by atoms with Crippen LogP contribution in [0.15, 0.2) is 42.5 Å². The van der Waals surface area contributed by atoms with Crippen LogP contribution in [0.4, 0.5) is 4.39 Å². The zero-order chi connectivity index (χ0) is 20.1. The molecule has 28 heavy (non-hydrogen) atoms. The first-order valence-electron chi connectivity index (χ1n) is 9.10. The van der Waals surface area contributed by atoms with Gasteiger partial charge in [0.2, 0.25) is 5.91 Å². The molecule has 0 unspecified atom stereocenters. The number of methoxy groups -OCH3 is 2. The van der Waals surface area contributed by atoms with Crippen LogP contribution in [0.25, 0.3) is 0 Å². The maximum Gasteiger partial charge on any atom is 0.240 e. The lowest BCUT2D eigenvalue weighted by molar-refractivity contribution is -0.126. The van der Waals surface area contributed by atoms with E-state index in [1.165, 1.54) is 6.07 Å². The molecule has 2 atom stereocenters. The van der Waals surface area contributed by atoms with Crippen molar-refractivity contribution in [3.63, 3.8) is 0 Å². The molecule has 0 aromatic heterocycles. The van der Waals surface area contributed by atoms with E-state index in [1.54, 1.807) is 38.5 Å². The summed E-state index contributed by atoms with van der Waals surface area (Å²) in [5, 5.41) is 3.31. The molecule has 2 aromatic rings. The Balaban J connectivity index is 1.75. The van der Waals surface area contributed by atoms with Crippen LogP contribution in [-0.4, -0.2) is 32.3 Å². The third-order valence-corrected chi connectivity index (χ3v) is 5.10. The molecule has 0 radical (unpaired) electrons. The maximum absolute atomic E-state index is 13.8. The first-order valence-corrected chi connectivity index (χ1v) is 9.10. The quantitative estimate of drug-likeness (QED) is 0.727. The number of halogens is 1. The number of carbonyl (C=O) groups is 1. The second-order valence-corrected chi connectivity index (χ2v) is 6.91. The molecule has 1 saturated heterocycles. The van der Waals surface area contributed by atoms with Gasteiger partial charge >= 0.3 is 0 Å². The van der Waals surface area contributed by atoms with Crippen molar-refractivity contribution >= 4 is 5.91 Å². The maximum atomic E-state index is 13.8. The average molecular weight is 388 g/mol. The van der Waals surface area contributed by atoms with Crippen molar-refractivity contribution in [3.05, 3.63) is 59.4 Å². The summed E-state index contributed by atoms with van der Waals surface area (Å²) >= 11 is 0. The van der Waals surface area contributed by atoms with Crippen molar-refractivity contribution in [2.24, 2.45) is 5.73 Å². The molecule has 1 aliphatic heterocycles. The van der Waals surface area contributed by atoms with E-state index in [1.807, 2.05) is 12.1 Å². The van der Waals surface area contributed by atoms with Crippen LogP contribution in [0.3, 0.4) is 0 Å². The number of nitrogens with one attached hydrogen (secondary N) is 1. The van der Waals surface area contributed by atoms with Crippen molar-refractivity contribution in [3.8, 4) is 11.5 Å². The Morgan fingerprint density at radius 3 is 2.71 bits per heavy atom. The molecule has 1 heterocycles. The van der Waals surface area contributed by atoms with E-state index in [0.29, 0.717) is 23.5 Å². The van der Waals surface area contributed by atoms with E-state index in [2.05, 4.69) is 5.32 Å². The topological polar surface area (TPSA) is 82.8 Å². The minimum atomic E-state index is -0.868. The standard InChI is InChI=1S/C21H25FN2O4/c1-26-13-21(20(23)25)10-9-17(24-21)14-7-8-18(19(11-14)27-2)28-12-15-5-3-4-6-16(15)22/h3-8,11,17,24H,9-10,12-13H2,1-2H3,(H2,23,25)/t17-,21-/m1/s1. The van der Waals surface area contributed by atoms with Crippen molar-refractivity contribution in [2.75, 3.05) is 20.8 Å². The number of hydrogen-bond donors (Lipinski definition) is 2. The number of carbonyl (C=O) groups excluding carboxylic acids is 1. The molecule has 3 rings (SSSR count). The number of rotatable bonds is 8. The summed E-state index contributed by atoms with van der Waals surface area (Å²) < 4.78 is 30.2. The fourth-order valence-corrected chi connectivity index (χ4v) is 3.54. The van der Waals surface area contributed by atoms with Crippen molar-refractivity contribution < 1.29 is 23.4 Å². The van der Waals surface area contributed by atoms with E-state index in [0.717, 1.165) is 12.0 Å². The van der Waals surface area contributed by atoms with Gasteiger partial charge in [-0.2, -0.15) is 0 Å². The number of hydrogen-bond acceptors (Lipinski definition) is 5. The largest absolute Gasteiger partial charge is 0.493 e. The highest BCUT2D eigenvalue weighted by atomic mass is 19.1. The second-order valence-electron chi connectivity index (χ2n) is 6.91. The fourth-order valence-electron chi connectivity index (χ4n) is 3.54. The predicted octanol–water partition coefficient (Wildman–Crippen LogP) is 2.71. The van der Waals surface area contributed by atoms with Crippen LogP contribution in [0.5, 0.6) is 11.5 Å². The first kappa shape index (κ1) is 20.1. The number of benzene rings is 2. The Kier molecular flexibility index (Phi) is 6.16. The molecular weight excluding hydrogens is 363 g/mol. The lowest BCUT2D eigenvalue weighted by atomic mass is 9.97. The molecule has 1 aliphatic rings. The Labute approximate surface area is 163 Å². The van der Waals surface area contributed by atoms with Crippen LogP contribution >= 0.6 is 0 Å². The van der Waals surface area contributed by atoms with E-state index >= 15 is 0 Å². The summed E-state index contributed by atoms with van der Waals surface area (Å²) in [5.41, 5.74) is 6.14. The first-order chi connectivity index (χ1) is 13.5. The van der Waals surface area contributed by atoms with Crippen LogP contribution in [0, 0.1) is 5.82 Å². The normalized spacial score (nSPS) is 21.5. The van der Waals surface area contributed by atoms with Gasteiger partial charge in [0.05, 0.1) is 13.7 Å². The van der Waals surface area contributed by atoms with Gasteiger partial charge in [0.1, 0.15) is 18.0 Å². The molecule has 3 N–H and O–H groups in total. The molecule has 0 saturated carbocycles. The van der Waals surface area contributed by atoms with Crippen molar-refractivity contribution in [1.29, 1.82) is 0 Å². The monoisotopic (exact) mass is 388 g/mol. The number of amides is 1. The summed E-state index contributed by atoms with van der Waals surface area (Å²) in [6, 6.07) is 12.0. The molecule has 7 heteroatoms. The molecule has 0 aliphatic carbocycles. The van der Waals surface area contributed by atoms with Gasteiger partial charge in [-0.3, -0.25) is 10.1 Å². The molecule has 0 bridgehead atoms. The van der Waals surface area contributed by atoms with Gasteiger partial charge in [-0.1, -0.05) is 24.3 Å². The van der Waals surface area contributed by atoms with E-state index in [4.69, 9.17) is 19.9 Å². The second kappa shape index (κ2) is 8.58. The zero-order valence-electron chi connectivity index (χ0n) is 16.0. The Bertz CT molecular complexity index is 845. The van der Waals surface area contributed by atoms with Crippen LogP contribution in [-0.2, 0) is 16.1 Å².